The van der Waals surface area contributed by atoms with E-state index in [4.69, 9.17) is 4.74 Å². The van der Waals surface area contributed by atoms with Crippen LogP contribution in [0.5, 0.6) is 0 Å². The van der Waals surface area contributed by atoms with E-state index < -0.39 is 17.2 Å². The molecule has 4 aromatic heterocycles. The van der Waals surface area contributed by atoms with Gasteiger partial charge < -0.3 is 9.14 Å². The maximum atomic E-state index is 12.4. The summed E-state index contributed by atoms with van der Waals surface area (Å²) in [5.41, 5.74) is 1.04. The van der Waals surface area contributed by atoms with Crippen LogP contribution in [0.3, 0.4) is 0 Å². The number of nitrogens with zero attached hydrogens (tertiary/aromatic N) is 6. The quantitative estimate of drug-likeness (QED) is 0.338. The molecule has 10 nitrogen and oxygen atoms in total. The van der Waals surface area contributed by atoms with Crippen molar-refractivity contribution in [2.45, 2.75) is 6.54 Å². The van der Waals surface area contributed by atoms with Crippen molar-refractivity contribution in [2.24, 2.45) is 14.1 Å². The van der Waals surface area contributed by atoms with E-state index in [1.165, 1.54) is 18.7 Å². The number of pyridine rings is 1. The lowest BCUT2D eigenvalue weighted by Gasteiger charge is -2.08. The van der Waals surface area contributed by atoms with E-state index in [9.17, 15) is 14.4 Å². The van der Waals surface area contributed by atoms with Gasteiger partial charge in [-0.2, -0.15) is 0 Å². The number of hydrogen-bond acceptors (Lipinski definition) is 6. The highest BCUT2D eigenvalue weighted by Crippen LogP contribution is 2.19. The lowest BCUT2D eigenvalue weighted by molar-refractivity contribution is 0.0602. The van der Waals surface area contributed by atoms with Crippen LogP contribution in [0, 0.1) is 0 Å². The molecule has 0 aliphatic heterocycles. The largest absolute Gasteiger partial charge is 0.465 e. The molecule has 0 amide bonds. The number of aryl methyl sites for hydroxylation is 1. The van der Waals surface area contributed by atoms with Gasteiger partial charge in [0.25, 0.3) is 5.56 Å². The number of ether oxygens (including phenoxy) is 1. The van der Waals surface area contributed by atoms with Gasteiger partial charge in [-0.1, -0.05) is 0 Å². The number of esters is 1. The van der Waals surface area contributed by atoms with Gasteiger partial charge in [0.2, 0.25) is 0 Å². The van der Waals surface area contributed by atoms with Crippen molar-refractivity contribution in [2.75, 3.05) is 7.11 Å². The molecule has 0 unspecified atom stereocenters. The number of carbonyl (C=O) groups excluding carboxylic acids is 1. The van der Waals surface area contributed by atoms with Crippen LogP contribution in [0.2, 0.25) is 0 Å². The zero-order valence-electron chi connectivity index (χ0n) is 15.2. The molecule has 0 atom stereocenters. The second-order valence-electron chi connectivity index (χ2n) is 6.22. The molecule has 0 aliphatic rings. The van der Waals surface area contributed by atoms with Crippen molar-refractivity contribution in [3.63, 3.8) is 0 Å². The number of methoxy groups -OCH3 is 1. The normalized spacial score (nSPS) is 11.4. The maximum absolute atomic E-state index is 12.4. The van der Waals surface area contributed by atoms with Crippen LogP contribution in [0.15, 0.2) is 38.8 Å². The highest BCUT2D eigenvalue weighted by molar-refractivity contribution is 9.10. The van der Waals surface area contributed by atoms with Gasteiger partial charge in [-0.05, 0) is 28.1 Å². The van der Waals surface area contributed by atoms with Gasteiger partial charge in [0.15, 0.2) is 21.5 Å². The average Bonchev–Trinajstić information content (AvgIpc) is 3.25. The van der Waals surface area contributed by atoms with Crippen molar-refractivity contribution in [1.82, 2.24) is 28.1 Å². The van der Waals surface area contributed by atoms with Crippen LogP contribution in [0.25, 0.3) is 16.8 Å². The van der Waals surface area contributed by atoms with Gasteiger partial charge in [-0.15, -0.1) is 0 Å². The Labute approximate surface area is 165 Å². The summed E-state index contributed by atoms with van der Waals surface area (Å²) in [6, 6.07) is 3.36. The van der Waals surface area contributed by atoms with Crippen LogP contribution in [0.1, 0.15) is 16.1 Å². The van der Waals surface area contributed by atoms with E-state index in [0.29, 0.717) is 27.3 Å². The zero-order chi connectivity index (χ0) is 20.2. The molecular weight excluding hydrogens is 432 g/mol. The number of rotatable bonds is 3. The second-order valence-corrected chi connectivity index (χ2v) is 6.93. The summed E-state index contributed by atoms with van der Waals surface area (Å²) in [7, 11) is 4.30. The number of halogens is 1. The van der Waals surface area contributed by atoms with Gasteiger partial charge in [-0.3, -0.25) is 18.5 Å². The molecule has 0 radical (unpaired) electrons. The third kappa shape index (κ3) is 2.58. The average molecular weight is 447 g/mol. The Bertz CT molecular complexity index is 1380. The molecule has 144 valence electrons. The number of fused-ring (bicyclic) bond motifs is 2. The lowest BCUT2D eigenvalue weighted by Crippen LogP contribution is -2.37. The summed E-state index contributed by atoms with van der Waals surface area (Å²) < 4.78 is 11.0. The first-order valence-electron chi connectivity index (χ1n) is 8.20. The minimum Gasteiger partial charge on any atom is -0.465 e. The summed E-state index contributed by atoms with van der Waals surface area (Å²) in [4.78, 5) is 45.4. The van der Waals surface area contributed by atoms with Crippen molar-refractivity contribution in [3.8, 4) is 0 Å². The third-order valence-corrected chi connectivity index (χ3v) is 5.16. The smallest absolute Gasteiger partial charge is 0.341 e. The van der Waals surface area contributed by atoms with Crippen molar-refractivity contribution in [3.05, 3.63) is 61.4 Å². The summed E-state index contributed by atoms with van der Waals surface area (Å²) in [5, 5.41) is 0. The second kappa shape index (κ2) is 6.44. The van der Waals surface area contributed by atoms with E-state index in [-0.39, 0.29) is 12.1 Å². The Hall–Kier alpha value is -3.21. The van der Waals surface area contributed by atoms with Gasteiger partial charge >= 0.3 is 11.7 Å². The number of carbonyl (C=O) groups is 1. The highest BCUT2D eigenvalue weighted by Gasteiger charge is 2.19. The van der Waals surface area contributed by atoms with Gasteiger partial charge in [-0.25, -0.2) is 19.6 Å². The summed E-state index contributed by atoms with van der Waals surface area (Å²) in [6.07, 6.45) is 3.53. The predicted octanol–water partition coefficient (Wildman–Crippen LogP) is 0.679. The van der Waals surface area contributed by atoms with E-state index in [0.717, 1.165) is 4.57 Å². The lowest BCUT2D eigenvalue weighted by atomic mass is 10.3. The number of imidazole rings is 2. The number of hydrogen-bond donors (Lipinski definition) is 0. The van der Waals surface area contributed by atoms with Crippen LogP contribution in [0.4, 0.5) is 0 Å². The fourth-order valence-corrected chi connectivity index (χ4v) is 3.64. The van der Waals surface area contributed by atoms with E-state index >= 15 is 0 Å². The molecule has 4 aromatic rings. The summed E-state index contributed by atoms with van der Waals surface area (Å²) in [6.45, 7) is 0.236. The maximum Gasteiger partial charge on any atom is 0.341 e. The molecule has 0 fully saturated rings. The molecule has 0 saturated carbocycles. The Balaban J connectivity index is 1.90. The van der Waals surface area contributed by atoms with Crippen LogP contribution >= 0.6 is 15.9 Å². The molecule has 4 heterocycles. The van der Waals surface area contributed by atoms with E-state index in [2.05, 4.69) is 25.9 Å². The Morgan fingerprint density at radius 1 is 1.21 bits per heavy atom. The fourth-order valence-electron chi connectivity index (χ4n) is 3.17. The Kier molecular flexibility index (Phi) is 4.18. The molecule has 28 heavy (non-hydrogen) atoms. The Morgan fingerprint density at radius 2 is 1.96 bits per heavy atom. The highest BCUT2D eigenvalue weighted by atomic mass is 79.9. The molecule has 0 N–H and O–H groups in total. The minimum absolute atomic E-state index is 0.176. The van der Waals surface area contributed by atoms with Gasteiger partial charge in [0.1, 0.15) is 5.56 Å². The first-order valence-corrected chi connectivity index (χ1v) is 8.99. The van der Waals surface area contributed by atoms with Crippen molar-refractivity contribution in [1.29, 1.82) is 0 Å². The molecular formula is C17H15BrN6O4. The van der Waals surface area contributed by atoms with E-state index in [1.807, 2.05) is 0 Å². The van der Waals surface area contributed by atoms with E-state index in [1.54, 1.807) is 40.5 Å². The predicted molar refractivity (Wildman–Crippen MR) is 104 cm³/mol. The zero-order valence-corrected chi connectivity index (χ0v) is 16.8. The standard InChI is InChI=1S/C17H15BrN6O4/c1-21-13-11(14(25)22(2)17(21)27)20-16(18)24(13)8-9-7-23-6-4-5-10(12(23)19-9)15(26)28-3/h4-7H,8H2,1-3H3. The first kappa shape index (κ1) is 18.2. The SMILES string of the molecule is COC(=O)c1cccn2cc(Cn3c(Br)nc4c(=O)n(C)c(=O)n(C)c43)nc12. The molecule has 0 aliphatic carbocycles. The third-order valence-electron chi connectivity index (χ3n) is 4.55. The minimum atomic E-state index is -0.483. The molecule has 0 spiro atoms. The summed E-state index contributed by atoms with van der Waals surface area (Å²) >= 11 is 3.36. The molecule has 0 aromatic carbocycles. The van der Waals surface area contributed by atoms with Crippen LogP contribution in [-0.2, 0) is 25.4 Å². The van der Waals surface area contributed by atoms with Gasteiger partial charge in [0.05, 0.1) is 19.3 Å². The van der Waals surface area contributed by atoms with Crippen molar-refractivity contribution >= 4 is 38.7 Å². The topological polar surface area (TPSA) is 105 Å². The number of aromatic nitrogens is 6. The Morgan fingerprint density at radius 3 is 2.68 bits per heavy atom. The molecule has 11 heteroatoms. The first-order chi connectivity index (χ1) is 13.3. The fraction of sp³-hybridized carbons (Fsp3) is 0.235. The van der Waals surface area contributed by atoms with Gasteiger partial charge in [0, 0.05) is 26.5 Å². The molecule has 0 bridgehead atoms. The van der Waals surface area contributed by atoms with Crippen LogP contribution in [-0.4, -0.2) is 41.1 Å². The summed E-state index contributed by atoms with van der Waals surface area (Å²) in [5.74, 6) is -0.483. The van der Waals surface area contributed by atoms with Crippen molar-refractivity contribution < 1.29 is 9.53 Å². The molecule has 0 saturated heterocycles. The van der Waals surface area contributed by atoms with Crippen LogP contribution < -0.4 is 11.2 Å². The molecule has 4 rings (SSSR count). The monoisotopic (exact) mass is 446 g/mol.